The smallest absolute Gasteiger partial charge is 0.0456 e. The van der Waals surface area contributed by atoms with Gasteiger partial charge >= 0.3 is 0 Å². The standard InChI is InChI=1S/C11H13N/c1-2-3-9-4-5-10-6-7-12-11(10)8-9/h4-8,12H,2-3H2,1H3. The van der Waals surface area contributed by atoms with Gasteiger partial charge in [-0.15, -0.1) is 0 Å². The number of fused-ring (bicyclic) bond motifs is 1. The fraction of sp³-hybridized carbons (Fsp3) is 0.273. The molecule has 0 amide bonds. The van der Waals surface area contributed by atoms with E-state index in [1.54, 1.807) is 0 Å². The average Bonchev–Trinajstić information content (AvgIpc) is 2.51. The second kappa shape index (κ2) is 3.02. The Morgan fingerprint density at radius 2 is 2.17 bits per heavy atom. The Hall–Kier alpha value is -1.24. The van der Waals surface area contributed by atoms with Crippen molar-refractivity contribution in [1.82, 2.24) is 4.98 Å². The third kappa shape index (κ3) is 1.22. The molecule has 1 aromatic heterocycles. The van der Waals surface area contributed by atoms with Gasteiger partial charge in [0.25, 0.3) is 0 Å². The van der Waals surface area contributed by atoms with Crippen LogP contribution in [0.2, 0.25) is 0 Å². The van der Waals surface area contributed by atoms with E-state index in [2.05, 4.69) is 36.2 Å². The highest BCUT2D eigenvalue weighted by molar-refractivity contribution is 5.79. The van der Waals surface area contributed by atoms with Crippen LogP contribution in [0.5, 0.6) is 0 Å². The summed E-state index contributed by atoms with van der Waals surface area (Å²) in [5, 5.41) is 1.30. The lowest BCUT2D eigenvalue weighted by molar-refractivity contribution is 0.923. The van der Waals surface area contributed by atoms with Crippen molar-refractivity contribution >= 4 is 10.9 Å². The van der Waals surface area contributed by atoms with Crippen molar-refractivity contribution in [3.63, 3.8) is 0 Å². The molecule has 1 aromatic carbocycles. The molecule has 0 saturated heterocycles. The molecule has 1 nitrogen and oxygen atoms in total. The molecule has 0 aliphatic heterocycles. The third-order valence-corrected chi connectivity index (χ3v) is 2.16. The van der Waals surface area contributed by atoms with E-state index in [1.165, 1.54) is 29.3 Å². The van der Waals surface area contributed by atoms with E-state index < -0.39 is 0 Å². The van der Waals surface area contributed by atoms with E-state index in [-0.39, 0.29) is 0 Å². The highest BCUT2D eigenvalue weighted by Gasteiger charge is 1.95. The molecule has 0 aliphatic carbocycles. The molecule has 0 radical (unpaired) electrons. The quantitative estimate of drug-likeness (QED) is 0.693. The monoisotopic (exact) mass is 159 g/mol. The number of benzene rings is 1. The maximum atomic E-state index is 3.22. The highest BCUT2D eigenvalue weighted by Crippen LogP contribution is 2.14. The van der Waals surface area contributed by atoms with E-state index in [0.717, 1.165) is 0 Å². The van der Waals surface area contributed by atoms with Gasteiger partial charge in [-0.3, -0.25) is 0 Å². The Kier molecular flexibility index (Phi) is 1.86. The van der Waals surface area contributed by atoms with Crippen LogP contribution < -0.4 is 0 Å². The molecule has 2 aromatic rings. The van der Waals surface area contributed by atoms with Gasteiger partial charge in [-0.25, -0.2) is 0 Å². The summed E-state index contributed by atoms with van der Waals surface area (Å²) in [4.78, 5) is 3.22. The van der Waals surface area contributed by atoms with Crippen molar-refractivity contribution in [3.8, 4) is 0 Å². The summed E-state index contributed by atoms with van der Waals surface area (Å²) in [7, 11) is 0. The number of rotatable bonds is 2. The van der Waals surface area contributed by atoms with Crippen molar-refractivity contribution in [2.45, 2.75) is 19.8 Å². The van der Waals surface area contributed by atoms with E-state index in [4.69, 9.17) is 0 Å². The summed E-state index contributed by atoms with van der Waals surface area (Å²) >= 11 is 0. The van der Waals surface area contributed by atoms with Crippen LogP contribution in [-0.4, -0.2) is 4.98 Å². The maximum absolute atomic E-state index is 3.22. The lowest BCUT2D eigenvalue weighted by atomic mass is 10.1. The van der Waals surface area contributed by atoms with Gasteiger partial charge in [-0.1, -0.05) is 25.5 Å². The van der Waals surface area contributed by atoms with Gasteiger partial charge < -0.3 is 4.98 Å². The number of nitrogens with one attached hydrogen (secondary N) is 1. The van der Waals surface area contributed by atoms with Crippen LogP contribution in [-0.2, 0) is 6.42 Å². The van der Waals surface area contributed by atoms with Crippen LogP contribution in [0.25, 0.3) is 10.9 Å². The summed E-state index contributed by atoms with van der Waals surface area (Å²) in [6.45, 7) is 2.21. The van der Waals surface area contributed by atoms with Gasteiger partial charge in [0.15, 0.2) is 0 Å². The first kappa shape index (κ1) is 7.41. The second-order valence-corrected chi connectivity index (χ2v) is 3.15. The minimum absolute atomic E-state index is 1.18. The van der Waals surface area contributed by atoms with Gasteiger partial charge in [-0.2, -0.15) is 0 Å². The van der Waals surface area contributed by atoms with Crippen molar-refractivity contribution in [3.05, 3.63) is 36.0 Å². The van der Waals surface area contributed by atoms with Crippen molar-refractivity contribution < 1.29 is 0 Å². The Morgan fingerprint density at radius 1 is 1.25 bits per heavy atom. The van der Waals surface area contributed by atoms with Crippen LogP contribution in [0.3, 0.4) is 0 Å². The molecule has 62 valence electrons. The molecule has 0 spiro atoms. The second-order valence-electron chi connectivity index (χ2n) is 3.15. The predicted octanol–water partition coefficient (Wildman–Crippen LogP) is 3.12. The first-order chi connectivity index (χ1) is 5.90. The Morgan fingerprint density at radius 3 is 3.00 bits per heavy atom. The van der Waals surface area contributed by atoms with Crippen LogP contribution in [0, 0.1) is 0 Å². The molecule has 2 rings (SSSR count). The van der Waals surface area contributed by atoms with E-state index in [1.807, 2.05) is 6.20 Å². The molecule has 0 unspecified atom stereocenters. The molecule has 1 heterocycles. The zero-order chi connectivity index (χ0) is 8.39. The Balaban J connectivity index is 2.46. The third-order valence-electron chi connectivity index (χ3n) is 2.16. The van der Waals surface area contributed by atoms with Crippen LogP contribution in [0.15, 0.2) is 30.5 Å². The van der Waals surface area contributed by atoms with Gasteiger partial charge in [0.2, 0.25) is 0 Å². The fourth-order valence-corrected chi connectivity index (χ4v) is 1.54. The SMILES string of the molecule is CCCc1ccc2cc[nH]c2c1. The average molecular weight is 159 g/mol. The zero-order valence-corrected chi connectivity index (χ0v) is 7.30. The van der Waals surface area contributed by atoms with Crippen LogP contribution in [0.4, 0.5) is 0 Å². The topological polar surface area (TPSA) is 15.8 Å². The first-order valence-corrected chi connectivity index (χ1v) is 4.46. The van der Waals surface area contributed by atoms with Crippen LogP contribution in [0.1, 0.15) is 18.9 Å². The van der Waals surface area contributed by atoms with Crippen molar-refractivity contribution in [2.24, 2.45) is 0 Å². The molecule has 0 atom stereocenters. The number of H-pyrrole nitrogens is 1. The largest absolute Gasteiger partial charge is 0.361 e. The molecule has 0 saturated carbocycles. The van der Waals surface area contributed by atoms with E-state index in [9.17, 15) is 0 Å². The molecule has 0 bridgehead atoms. The van der Waals surface area contributed by atoms with Gasteiger partial charge in [0.1, 0.15) is 0 Å². The van der Waals surface area contributed by atoms with Gasteiger partial charge in [0.05, 0.1) is 0 Å². The Labute approximate surface area is 72.4 Å². The number of aromatic nitrogens is 1. The molecule has 0 fully saturated rings. The lowest BCUT2D eigenvalue weighted by Crippen LogP contribution is -1.81. The number of hydrogen-bond donors (Lipinski definition) is 1. The predicted molar refractivity (Wildman–Crippen MR) is 52.3 cm³/mol. The van der Waals surface area contributed by atoms with Crippen LogP contribution >= 0.6 is 0 Å². The molecular formula is C11H13N. The zero-order valence-electron chi connectivity index (χ0n) is 7.30. The summed E-state index contributed by atoms with van der Waals surface area (Å²) < 4.78 is 0. The van der Waals surface area contributed by atoms with E-state index in [0.29, 0.717) is 0 Å². The molecule has 12 heavy (non-hydrogen) atoms. The molecule has 0 aliphatic rings. The summed E-state index contributed by atoms with van der Waals surface area (Å²) in [5.41, 5.74) is 2.67. The van der Waals surface area contributed by atoms with Gasteiger partial charge in [0, 0.05) is 11.7 Å². The summed E-state index contributed by atoms with van der Waals surface area (Å²) in [6, 6.07) is 8.72. The maximum Gasteiger partial charge on any atom is 0.0456 e. The fourth-order valence-electron chi connectivity index (χ4n) is 1.54. The molecule has 1 heteroatoms. The minimum atomic E-state index is 1.18. The van der Waals surface area contributed by atoms with E-state index >= 15 is 0 Å². The lowest BCUT2D eigenvalue weighted by Gasteiger charge is -1.97. The van der Waals surface area contributed by atoms with Crippen molar-refractivity contribution in [2.75, 3.05) is 0 Å². The Bertz CT molecular complexity index is 373. The highest BCUT2D eigenvalue weighted by atomic mass is 14.7. The number of hydrogen-bond acceptors (Lipinski definition) is 0. The normalized spacial score (nSPS) is 10.8. The summed E-state index contributed by atoms with van der Waals surface area (Å²) in [5.74, 6) is 0. The minimum Gasteiger partial charge on any atom is -0.361 e. The first-order valence-electron chi connectivity index (χ1n) is 4.46. The van der Waals surface area contributed by atoms with Gasteiger partial charge in [-0.05, 0) is 29.5 Å². The van der Waals surface area contributed by atoms with Crippen molar-refractivity contribution in [1.29, 1.82) is 0 Å². The molecule has 1 N–H and O–H groups in total. The number of aromatic amines is 1. The molecular weight excluding hydrogens is 146 g/mol. The number of aryl methyl sites for hydroxylation is 1. The summed E-state index contributed by atoms with van der Waals surface area (Å²) in [6.07, 6.45) is 4.38.